The molecule has 0 fully saturated rings. The van der Waals surface area contributed by atoms with Crippen molar-refractivity contribution in [2.45, 2.75) is 0 Å². The van der Waals surface area contributed by atoms with Crippen molar-refractivity contribution >= 4 is 161 Å². The van der Waals surface area contributed by atoms with Crippen LogP contribution in [0, 0.1) is 0 Å². The molecule has 7 heteroatoms. The SMILES string of the molecule is Brc1ccc([Si](c2ccccc2)(c2ccccc2)c2ccc(-c3cccc4c3oc3ccccc34)cc2)cc1.c1ccc([Si](c2ccccc2)(c2ccc(-c3cccc4c3oc3ccccc34)cc2)c2ccc(-n3c4ccccc4c4ccccc43)cc2)cc1.c1ccc2c(c1)[nH]c1ccccc12. The Hall–Kier alpha value is -12.4. The van der Waals surface area contributed by atoms with Gasteiger partial charge in [0.1, 0.15) is 22.3 Å². The first-order valence-corrected chi connectivity index (χ1v) is 39.8. The number of benzene rings is 16. The minimum atomic E-state index is -2.75. The minimum absolute atomic E-state index is 0.917. The Kier molecular flexibility index (Phi) is 16.4. The highest BCUT2D eigenvalue weighted by atomic mass is 79.9. The first-order chi connectivity index (χ1) is 51.0. The summed E-state index contributed by atoms with van der Waals surface area (Å²) in [6.45, 7) is 0. The van der Waals surface area contributed by atoms with Crippen molar-refractivity contribution in [1.82, 2.24) is 9.55 Å². The van der Waals surface area contributed by atoms with Crippen LogP contribution < -0.4 is 41.5 Å². The highest BCUT2D eigenvalue weighted by molar-refractivity contribution is 9.10. The fourth-order valence-corrected chi connectivity index (χ4v) is 25.8. The largest absolute Gasteiger partial charge is 0.455 e. The average Bonchev–Trinajstić information content (AvgIpc) is 1.64. The summed E-state index contributed by atoms with van der Waals surface area (Å²) in [7, 11) is -5.32. The second-order valence-corrected chi connectivity index (χ2v) is 34.9. The lowest BCUT2D eigenvalue weighted by molar-refractivity contribution is 0.669. The zero-order chi connectivity index (χ0) is 68.7. The Morgan fingerprint density at radius 1 is 0.233 bits per heavy atom. The topological polar surface area (TPSA) is 47.0 Å². The van der Waals surface area contributed by atoms with E-state index >= 15 is 0 Å². The van der Waals surface area contributed by atoms with Gasteiger partial charge in [0.2, 0.25) is 0 Å². The molecule has 0 aliphatic rings. The van der Waals surface area contributed by atoms with Gasteiger partial charge in [0, 0.05) is 75.4 Å². The van der Waals surface area contributed by atoms with Crippen LogP contribution in [0.15, 0.2) is 414 Å². The van der Waals surface area contributed by atoms with Gasteiger partial charge in [0.15, 0.2) is 16.1 Å². The van der Waals surface area contributed by atoms with Crippen LogP contribution in [0.4, 0.5) is 0 Å². The number of hydrogen-bond acceptors (Lipinski definition) is 2. The van der Waals surface area contributed by atoms with E-state index in [0.717, 1.165) is 76.3 Å². The molecule has 0 bridgehead atoms. The number of rotatable bonds is 11. The lowest BCUT2D eigenvalue weighted by Gasteiger charge is -2.34. The van der Waals surface area contributed by atoms with Crippen LogP contribution in [0.2, 0.25) is 0 Å². The molecule has 0 radical (unpaired) electrons. The van der Waals surface area contributed by atoms with E-state index in [1.807, 2.05) is 18.2 Å². The molecule has 0 atom stereocenters. The van der Waals surface area contributed by atoms with Crippen LogP contribution in [0.5, 0.6) is 0 Å². The maximum absolute atomic E-state index is 6.45. The van der Waals surface area contributed by atoms with Gasteiger partial charge in [0.25, 0.3) is 0 Å². The number of para-hydroxylation sites is 8. The Balaban J connectivity index is 0.000000128. The molecule has 4 aromatic heterocycles. The van der Waals surface area contributed by atoms with Gasteiger partial charge in [-0.1, -0.05) is 356 Å². The quantitative estimate of drug-likeness (QED) is 0.104. The zero-order valence-electron chi connectivity index (χ0n) is 56.2. The van der Waals surface area contributed by atoms with Crippen molar-refractivity contribution in [3.8, 4) is 27.9 Å². The lowest BCUT2D eigenvalue weighted by atomic mass is 10.0. The molecule has 0 aliphatic heterocycles. The van der Waals surface area contributed by atoms with E-state index in [2.05, 4.69) is 408 Å². The number of nitrogens with one attached hydrogen (secondary N) is 1. The van der Waals surface area contributed by atoms with Crippen LogP contribution >= 0.6 is 15.9 Å². The summed E-state index contributed by atoms with van der Waals surface area (Å²) in [5.74, 6) is 0. The second-order valence-electron chi connectivity index (χ2n) is 26.3. The molecule has 4 heterocycles. The van der Waals surface area contributed by atoms with E-state index in [1.165, 1.54) is 85.1 Å². The third-order valence-electron chi connectivity index (χ3n) is 20.7. The summed E-state index contributed by atoms with van der Waals surface area (Å²) >= 11 is 3.66. The summed E-state index contributed by atoms with van der Waals surface area (Å²) in [6.07, 6.45) is 0. The van der Waals surface area contributed by atoms with Crippen LogP contribution in [0.25, 0.3) is 115 Å². The molecule has 0 aliphatic carbocycles. The molecule has 488 valence electrons. The molecule has 0 spiro atoms. The van der Waals surface area contributed by atoms with E-state index in [-0.39, 0.29) is 0 Å². The summed E-state index contributed by atoms with van der Waals surface area (Å²) in [4.78, 5) is 3.38. The number of aromatic amines is 1. The zero-order valence-corrected chi connectivity index (χ0v) is 59.8. The normalized spacial score (nSPS) is 11.7. The molecule has 1 N–H and O–H groups in total. The fraction of sp³-hybridized carbons (Fsp3) is 0. The van der Waals surface area contributed by atoms with E-state index in [9.17, 15) is 0 Å². The number of aromatic nitrogens is 2. The van der Waals surface area contributed by atoms with Gasteiger partial charge in [0.05, 0.1) is 11.0 Å². The molecule has 0 saturated carbocycles. The molecule has 0 saturated heterocycles. The number of fused-ring (bicyclic) bond motifs is 12. The molecule has 103 heavy (non-hydrogen) atoms. The average molecular weight is 1420 g/mol. The van der Waals surface area contributed by atoms with Crippen molar-refractivity contribution in [3.63, 3.8) is 0 Å². The number of nitrogens with zero attached hydrogens (tertiary/aromatic N) is 1. The molecular weight excluding hydrogens is 1350 g/mol. The molecule has 4 nitrogen and oxygen atoms in total. The van der Waals surface area contributed by atoms with Gasteiger partial charge in [-0.3, -0.25) is 0 Å². The van der Waals surface area contributed by atoms with Crippen LogP contribution in [-0.4, -0.2) is 25.7 Å². The Labute approximate surface area is 607 Å². The van der Waals surface area contributed by atoms with Gasteiger partial charge < -0.3 is 18.4 Å². The predicted octanol–water partition coefficient (Wildman–Crippen LogP) is 20.4. The number of furan rings is 2. The van der Waals surface area contributed by atoms with Crippen molar-refractivity contribution in [2.24, 2.45) is 0 Å². The Morgan fingerprint density at radius 2 is 0.524 bits per heavy atom. The van der Waals surface area contributed by atoms with Gasteiger partial charge >= 0.3 is 0 Å². The molecule has 20 aromatic rings. The summed E-state index contributed by atoms with van der Waals surface area (Å²) in [5.41, 5.74) is 14.3. The van der Waals surface area contributed by atoms with Crippen molar-refractivity contribution in [3.05, 3.63) is 405 Å². The number of halogens is 1. The second kappa shape index (κ2) is 27.0. The van der Waals surface area contributed by atoms with Crippen LogP contribution in [0.3, 0.4) is 0 Å². The summed E-state index contributed by atoms with van der Waals surface area (Å²) in [6, 6.07) is 145. The highest BCUT2D eigenvalue weighted by Crippen LogP contribution is 2.38. The number of hydrogen-bond donors (Lipinski definition) is 1. The third-order valence-corrected chi connectivity index (χ3v) is 30.8. The fourth-order valence-electron chi connectivity index (χ4n) is 16.1. The molecule has 20 rings (SSSR count). The monoisotopic (exact) mass is 1410 g/mol. The minimum Gasteiger partial charge on any atom is -0.455 e. The van der Waals surface area contributed by atoms with Gasteiger partial charge in [-0.25, -0.2) is 0 Å². The van der Waals surface area contributed by atoms with Crippen LogP contribution in [-0.2, 0) is 0 Å². The predicted molar refractivity (Wildman–Crippen MR) is 443 cm³/mol. The number of H-pyrrole nitrogens is 1. The van der Waals surface area contributed by atoms with E-state index < -0.39 is 16.1 Å². The smallest absolute Gasteiger partial charge is 0.179 e. The van der Waals surface area contributed by atoms with Crippen LogP contribution in [0.1, 0.15) is 0 Å². The van der Waals surface area contributed by atoms with Crippen molar-refractivity contribution in [2.75, 3.05) is 0 Å². The summed E-state index contributed by atoms with van der Waals surface area (Å²) < 4.78 is 16.3. The van der Waals surface area contributed by atoms with E-state index in [0.29, 0.717) is 0 Å². The van der Waals surface area contributed by atoms with Crippen molar-refractivity contribution < 1.29 is 8.83 Å². The van der Waals surface area contributed by atoms with E-state index in [1.54, 1.807) is 0 Å². The summed E-state index contributed by atoms with van der Waals surface area (Å²) in [5, 5.41) is 20.6. The Morgan fingerprint density at radius 3 is 0.913 bits per heavy atom. The van der Waals surface area contributed by atoms with E-state index in [4.69, 9.17) is 8.83 Å². The first-order valence-electron chi connectivity index (χ1n) is 35.1. The lowest BCUT2D eigenvalue weighted by Crippen LogP contribution is -2.74. The third kappa shape index (κ3) is 11.0. The molecular formula is C96H67BrN2O2Si2. The van der Waals surface area contributed by atoms with Gasteiger partial charge in [-0.2, -0.15) is 0 Å². The standard InChI is InChI=1S/C48H33NOSi.C36H25BrOSi.C12H9N/c1-3-14-36(15-4-1)51(37-16-5-2-6-17-37,38-30-26-34(27-31-38)40-21-13-22-44-43-20-9-12-25-47(43)50-48(40)44)39-32-28-35(29-33-39)49-45-23-10-7-18-41(45)42-19-8-11-24-46(42)49;37-27-20-24-31(25-21-27)39(28-10-3-1-4-11-28,29-12-5-2-6-13-29)30-22-18-26(19-23-30)32-15-9-16-34-33-14-7-8-17-35(33)38-36(32)34;1-3-7-11-9(5-1)10-6-2-4-8-12(10)13-11/h1-33H;1-25H;1-8,13H. The van der Waals surface area contributed by atoms with Crippen molar-refractivity contribution in [1.29, 1.82) is 0 Å². The molecule has 0 unspecified atom stereocenters. The molecule has 16 aromatic carbocycles. The Bertz CT molecular complexity index is 6230. The maximum Gasteiger partial charge on any atom is 0.179 e. The van der Waals surface area contributed by atoms with Gasteiger partial charge in [-0.05, 0) is 113 Å². The van der Waals surface area contributed by atoms with Gasteiger partial charge in [-0.15, -0.1) is 0 Å². The maximum atomic E-state index is 6.45. The first kappa shape index (κ1) is 62.9. The molecule has 0 amide bonds. The highest BCUT2D eigenvalue weighted by Gasteiger charge is 2.43.